The van der Waals surface area contributed by atoms with Crippen LogP contribution in [0.4, 0.5) is 8.78 Å². The van der Waals surface area contributed by atoms with E-state index in [1.807, 2.05) is 0 Å². The summed E-state index contributed by atoms with van der Waals surface area (Å²) in [6.45, 7) is 0. The normalized spacial score (nSPS) is 12.4. The Labute approximate surface area is 129 Å². The quantitative estimate of drug-likeness (QED) is 0.854. The van der Waals surface area contributed by atoms with Crippen molar-refractivity contribution in [3.63, 3.8) is 0 Å². The van der Waals surface area contributed by atoms with Crippen LogP contribution in [0.2, 0.25) is 5.02 Å². The van der Waals surface area contributed by atoms with Crippen LogP contribution in [0.3, 0.4) is 0 Å². The van der Waals surface area contributed by atoms with Gasteiger partial charge in [-0.2, -0.15) is 0 Å². The van der Waals surface area contributed by atoms with Crippen LogP contribution in [-0.4, -0.2) is 6.04 Å². The molecule has 0 radical (unpaired) electrons. The molecule has 0 saturated carbocycles. The van der Waals surface area contributed by atoms with Gasteiger partial charge in [0.15, 0.2) is 0 Å². The van der Waals surface area contributed by atoms with E-state index in [9.17, 15) is 8.78 Å². The third kappa shape index (κ3) is 3.78. The van der Waals surface area contributed by atoms with E-state index < -0.39 is 0 Å². The van der Waals surface area contributed by atoms with Crippen LogP contribution in [0.1, 0.15) is 11.1 Å². The molecule has 5 heteroatoms. The second-order valence-corrected chi connectivity index (χ2v) is 5.88. The summed E-state index contributed by atoms with van der Waals surface area (Å²) in [6, 6.07) is 9.00. The second-order valence-electron chi connectivity index (χ2n) is 4.62. The van der Waals surface area contributed by atoms with Gasteiger partial charge in [0.1, 0.15) is 11.6 Å². The number of hydrogen-bond acceptors (Lipinski definition) is 1. The average Bonchev–Trinajstić information content (AvgIpc) is 2.38. The molecule has 0 aromatic heterocycles. The van der Waals surface area contributed by atoms with Crippen LogP contribution < -0.4 is 5.73 Å². The molecule has 2 aromatic rings. The fourth-order valence-corrected chi connectivity index (χ4v) is 2.70. The molecule has 1 nitrogen and oxygen atoms in total. The van der Waals surface area contributed by atoms with Gasteiger partial charge in [0.2, 0.25) is 0 Å². The maximum Gasteiger partial charge on any atom is 0.137 e. The smallest absolute Gasteiger partial charge is 0.137 e. The lowest BCUT2D eigenvalue weighted by atomic mass is 9.99. The Morgan fingerprint density at radius 1 is 1.10 bits per heavy atom. The van der Waals surface area contributed by atoms with E-state index in [1.54, 1.807) is 24.3 Å². The molecule has 0 saturated heterocycles. The highest BCUT2D eigenvalue weighted by molar-refractivity contribution is 9.10. The number of halogens is 4. The van der Waals surface area contributed by atoms with E-state index >= 15 is 0 Å². The van der Waals surface area contributed by atoms with Crippen molar-refractivity contribution in [1.29, 1.82) is 0 Å². The van der Waals surface area contributed by atoms with Crippen molar-refractivity contribution in [3.8, 4) is 0 Å². The molecule has 2 N–H and O–H groups in total. The van der Waals surface area contributed by atoms with Crippen LogP contribution in [0.25, 0.3) is 0 Å². The third-order valence-electron chi connectivity index (χ3n) is 3.01. The first kappa shape index (κ1) is 15.4. The molecule has 106 valence electrons. The van der Waals surface area contributed by atoms with E-state index in [4.69, 9.17) is 17.3 Å². The summed E-state index contributed by atoms with van der Waals surface area (Å²) < 4.78 is 27.2. The summed E-state index contributed by atoms with van der Waals surface area (Å²) in [7, 11) is 0. The molecule has 0 bridgehead atoms. The molecule has 1 atom stereocenters. The first-order valence-electron chi connectivity index (χ1n) is 6.09. The average molecular weight is 361 g/mol. The van der Waals surface area contributed by atoms with Crippen LogP contribution in [-0.2, 0) is 12.8 Å². The van der Waals surface area contributed by atoms with Crippen molar-refractivity contribution in [1.82, 2.24) is 0 Å². The van der Waals surface area contributed by atoms with Gasteiger partial charge in [-0.05, 0) is 58.6 Å². The van der Waals surface area contributed by atoms with Crippen LogP contribution >= 0.6 is 27.5 Å². The van der Waals surface area contributed by atoms with Crippen LogP contribution in [0.15, 0.2) is 40.9 Å². The summed E-state index contributed by atoms with van der Waals surface area (Å²) in [6.07, 6.45) is 0.851. The van der Waals surface area contributed by atoms with Gasteiger partial charge in [-0.25, -0.2) is 8.78 Å². The molecule has 1 unspecified atom stereocenters. The lowest BCUT2D eigenvalue weighted by Gasteiger charge is -2.14. The number of hydrogen-bond donors (Lipinski definition) is 1. The minimum absolute atomic E-state index is 0.290. The van der Waals surface area contributed by atoms with Gasteiger partial charge in [0.25, 0.3) is 0 Å². The Kier molecular flexibility index (Phi) is 5.13. The van der Waals surface area contributed by atoms with Crippen molar-refractivity contribution in [2.45, 2.75) is 18.9 Å². The largest absolute Gasteiger partial charge is 0.327 e. The lowest BCUT2D eigenvalue weighted by molar-refractivity contribution is 0.583. The number of rotatable bonds is 4. The van der Waals surface area contributed by atoms with E-state index in [-0.39, 0.29) is 17.7 Å². The Morgan fingerprint density at radius 3 is 2.50 bits per heavy atom. The predicted octanol–water partition coefficient (Wildman–Crippen LogP) is 4.49. The Bertz CT molecular complexity index is 599. The molecular formula is C15H13BrClF2N. The molecule has 2 aromatic carbocycles. The summed E-state index contributed by atoms with van der Waals surface area (Å²) in [5, 5.41) is 0.376. The van der Waals surface area contributed by atoms with Gasteiger partial charge >= 0.3 is 0 Å². The van der Waals surface area contributed by atoms with Gasteiger partial charge in [0.05, 0.1) is 4.47 Å². The van der Waals surface area contributed by atoms with E-state index in [0.29, 0.717) is 27.9 Å². The molecule has 0 aliphatic heterocycles. The van der Waals surface area contributed by atoms with Gasteiger partial charge in [-0.3, -0.25) is 0 Å². The van der Waals surface area contributed by atoms with Crippen LogP contribution in [0, 0.1) is 11.6 Å². The monoisotopic (exact) mass is 359 g/mol. The molecule has 20 heavy (non-hydrogen) atoms. The second kappa shape index (κ2) is 6.66. The predicted molar refractivity (Wildman–Crippen MR) is 80.9 cm³/mol. The van der Waals surface area contributed by atoms with E-state index in [2.05, 4.69) is 15.9 Å². The lowest BCUT2D eigenvalue weighted by Crippen LogP contribution is -2.26. The molecular weight excluding hydrogens is 348 g/mol. The fraction of sp³-hybridized carbons (Fsp3) is 0.200. The first-order chi connectivity index (χ1) is 9.47. The molecule has 0 aliphatic carbocycles. The Balaban J connectivity index is 2.09. The molecule has 0 heterocycles. The highest BCUT2D eigenvalue weighted by atomic mass is 79.9. The summed E-state index contributed by atoms with van der Waals surface area (Å²) >= 11 is 9.10. The highest BCUT2D eigenvalue weighted by Gasteiger charge is 2.13. The first-order valence-corrected chi connectivity index (χ1v) is 7.27. The van der Waals surface area contributed by atoms with E-state index in [0.717, 1.165) is 5.56 Å². The topological polar surface area (TPSA) is 26.0 Å². The molecule has 2 rings (SSSR count). The maximum absolute atomic E-state index is 13.7. The molecule has 0 aliphatic rings. The molecule has 0 fully saturated rings. The van der Waals surface area contributed by atoms with Gasteiger partial charge in [0, 0.05) is 16.6 Å². The van der Waals surface area contributed by atoms with Crippen molar-refractivity contribution >= 4 is 27.5 Å². The van der Waals surface area contributed by atoms with Crippen LogP contribution in [0.5, 0.6) is 0 Å². The molecule has 0 amide bonds. The van der Waals surface area contributed by atoms with Crippen molar-refractivity contribution < 1.29 is 8.78 Å². The maximum atomic E-state index is 13.7. The minimum atomic E-state index is -0.353. The van der Waals surface area contributed by atoms with Crippen molar-refractivity contribution in [2.24, 2.45) is 5.73 Å². The third-order valence-corrected chi connectivity index (χ3v) is 3.97. The summed E-state index contributed by atoms with van der Waals surface area (Å²) in [4.78, 5) is 0. The van der Waals surface area contributed by atoms with Gasteiger partial charge in [-0.1, -0.05) is 23.7 Å². The zero-order valence-electron chi connectivity index (χ0n) is 10.5. The zero-order chi connectivity index (χ0) is 14.7. The minimum Gasteiger partial charge on any atom is -0.327 e. The van der Waals surface area contributed by atoms with Gasteiger partial charge < -0.3 is 5.73 Å². The fourth-order valence-electron chi connectivity index (χ4n) is 2.03. The molecule has 0 spiro atoms. The van der Waals surface area contributed by atoms with Crippen molar-refractivity contribution in [3.05, 3.63) is 68.7 Å². The number of benzene rings is 2. The summed E-state index contributed by atoms with van der Waals surface area (Å²) in [5.41, 5.74) is 7.34. The van der Waals surface area contributed by atoms with E-state index in [1.165, 1.54) is 12.1 Å². The standard InChI is InChI=1S/C15H13BrClF2N/c16-12-7-9(4-5-15(12)19)6-10(20)8-11-13(17)2-1-3-14(11)18/h1-5,7,10H,6,8,20H2. The van der Waals surface area contributed by atoms with Crippen molar-refractivity contribution in [2.75, 3.05) is 0 Å². The highest BCUT2D eigenvalue weighted by Crippen LogP contribution is 2.22. The summed E-state index contributed by atoms with van der Waals surface area (Å²) in [5.74, 6) is -0.673. The Hall–Kier alpha value is -0.970. The zero-order valence-corrected chi connectivity index (χ0v) is 12.9. The SMILES string of the molecule is NC(Cc1ccc(F)c(Br)c1)Cc1c(F)cccc1Cl. The Morgan fingerprint density at radius 2 is 1.85 bits per heavy atom. The number of nitrogens with two attached hydrogens (primary N) is 1. The van der Waals surface area contributed by atoms with Gasteiger partial charge in [-0.15, -0.1) is 0 Å².